The first-order valence-corrected chi connectivity index (χ1v) is 7.72. The molecule has 1 amide bonds. The van der Waals surface area contributed by atoms with Crippen molar-refractivity contribution in [2.75, 3.05) is 0 Å². The molecule has 0 aliphatic rings. The van der Waals surface area contributed by atoms with Gasteiger partial charge in [-0.05, 0) is 44.5 Å². The van der Waals surface area contributed by atoms with Crippen LogP contribution in [0.3, 0.4) is 0 Å². The Morgan fingerprint density at radius 1 is 1.45 bits per heavy atom. The van der Waals surface area contributed by atoms with Crippen molar-refractivity contribution in [3.63, 3.8) is 0 Å². The Morgan fingerprint density at radius 3 is 2.80 bits per heavy atom. The molecule has 3 nitrogen and oxygen atoms in total. The molecule has 0 bridgehead atoms. The third-order valence-corrected chi connectivity index (χ3v) is 4.38. The van der Waals surface area contributed by atoms with Crippen molar-refractivity contribution < 1.29 is 4.79 Å². The predicted molar refractivity (Wildman–Crippen MR) is 83.6 cm³/mol. The van der Waals surface area contributed by atoms with Crippen LogP contribution in [0.1, 0.15) is 45.7 Å². The molecular formula is C15H17ClN2OS. The van der Waals surface area contributed by atoms with Crippen molar-refractivity contribution in [3.8, 4) is 0 Å². The maximum atomic E-state index is 12.3. The molecule has 0 aromatic carbocycles. The quantitative estimate of drug-likeness (QED) is 0.862. The first-order chi connectivity index (χ1) is 9.49. The van der Waals surface area contributed by atoms with Gasteiger partial charge in [-0.15, -0.1) is 11.3 Å². The zero-order valence-corrected chi connectivity index (χ0v) is 13.3. The van der Waals surface area contributed by atoms with E-state index in [2.05, 4.69) is 23.3 Å². The first-order valence-electron chi connectivity index (χ1n) is 6.53. The number of hydrogen-bond donors (Lipinski definition) is 1. The molecular weight excluding hydrogens is 292 g/mol. The average molecular weight is 309 g/mol. The van der Waals surface area contributed by atoms with Gasteiger partial charge < -0.3 is 5.32 Å². The lowest BCUT2D eigenvalue weighted by Crippen LogP contribution is -2.26. The van der Waals surface area contributed by atoms with Crippen LogP contribution in [0, 0.1) is 6.92 Å². The molecule has 106 valence electrons. The van der Waals surface area contributed by atoms with E-state index in [9.17, 15) is 4.79 Å². The summed E-state index contributed by atoms with van der Waals surface area (Å²) in [4.78, 5) is 18.8. The Bertz CT molecular complexity index is 624. The van der Waals surface area contributed by atoms with Gasteiger partial charge >= 0.3 is 0 Å². The Balaban J connectivity index is 2.13. The van der Waals surface area contributed by atoms with Gasteiger partial charge in [0.15, 0.2) is 0 Å². The summed E-state index contributed by atoms with van der Waals surface area (Å²) in [5.41, 5.74) is 1.38. The van der Waals surface area contributed by atoms with Gasteiger partial charge in [0.05, 0.1) is 6.04 Å². The van der Waals surface area contributed by atoms with Crippen LogP contribution < -0.4 is 5.32 Å². The highest BCUT2D eigenvalue weighted by Gasteiger charge is 2.14. The molecule has 0 fully saturated rings. The number of carbonyl (C=O) groups is 1. The minimum Gasteiger partial charge on any atom is -0.345 e. The molecule has 2 aromatic rings. The number of aryl methyl sites for hydroxylation is 2. The third-order valence-electron chi connectivity index (χ3n) is 3.01. The molecule has 0 aliphatic carbocycles. The fourth-order valence-electron chi connectivity index (χ4n) is 1.90. The second-order valence-corrected chi connectivity index (χ2v) is 6.37. The van der Waals surface area contributed by atoms with Crippen molar-refractivity contribution >= 4 is 28.8 Å². The molecule has 0 saturated carbocycles. The lowest BCUT2D eigenvalue weighted by atomic mass is 10.1. The van der Waals surface area contributed by atoms with Crippen molar-refractivity contribution in [2.45, 2.75) is 33.2 Å². The molecule has 2 heterocycles. The van der Waals surface area contributed by atoms with Gasteiger partial charge in [-0.2, -0.15) is 0 Å². The maximum absolute atomic E-state index is 12.3. The zero-order chi connectivity index (χ0) is 14.7. The van der Waals surface area contributed by atoms with Crippen LogP contribution in [0.25, 0.3) is 0 Å². The van der Waals surface area contributed by atoms with Crippen molar-refractivity contribution in [1.29, 1.82) is 0 Å². The number of rotatable bonds is 4. The summed E-state index contributed by atoms with van der Waals surface area (Å²) < 4.78 is 0. The van der Waals surface area contributed by atoms with Crippen molar-refractivity contribution in [3.05, 3.63) is 50.4 Å². The summed E-state index contributed by atoms with van der Waals surface area (Å²) in [6, 6.07) is 7.47. The number of nitrogens with zero attached hydrogens (tertiary/aromatic N) is 1. The van der Waals surface area contributed by atoms with Gasteiger partial charge in [-0.3, -0.25) is 4.79 Å². The fraction of sp³-hybridized carbons (Fsp3) is 0.333. The van der Waals surface area contributed by atoms with Crippen LogP contribution in [-0.2, 0) is 6.42 Å². The normalized spacial score (nSPS) is 12.2. The smallest absolute Gasteiger partial charge is 0.251 e. The van der Waals surface area contributed by atoms with Crippen molar-refractivity contribution in [1.82, 2.24) is 10.3 Å². The first kappa shape index (κ1) is 15.0. The SMILES string of the molecule is CCc1cc(C(=O)NC(C)c2ccc(C)s2)cc(Cl)n1. The van der Waals surface area contributed by atoms with E-state index in [4.69, 9.17) is 11.6 Å². The molecule has 2 rings (SSSR count). The van der Waals surface area contributed by atoms with E-state index in [1.54, 1.807) is 23.5 Å². The summed E-state index contributed by atoms with van der Waals surface area (Å²) in [6.07, 6.45) is 0.751. The minimum absolute atomic E-state index is 0.0155. The van der Waals surface area contributed by atoms with Gasteiger partial charge in [-0.1, -0.05) is 18.5 Å². The molecule has 1 N–H and O–H groups in total. The standard InChI is InChI=1S/C15H17ClN2OS/c1-4-12-7-11(8-14(16)18-12)15(19)17-10(3)13-6-5-9(2)20-13/h5-8,10H,4H2,1-3H3,(H,17,19). The summed E-state index contributed by atoms with van der Waals surface area (Å²) in [6.45, 7) is 6.02. The van der Waals surface area contributed by atoms with E-state index in [0.717, 1.165) is 17.0 Å². The number of pyridine rings is 1. The number of hydrogen-bond acceptors (Lipinski definition) is 3. The van der Waals surface area contributed by atoms with Crippen LogP contribution in [0.2, 0.25) is 5.15 Å². The Hall–Kier alpha value is -1.39. The second-order valence-electron chi connectivity index (χ2n) is 4.67. The van der Waals surface area contributed by atoms with Crippen LogP contribution in [0.4, 0.5) is 0 Å². The van der Waals surface area contributed by atoms with E-state index in [1.807, 2.05) is 19.9 Å². The highest BCUT2D eigenvalue weighted by atomic mass is 35.5. The molecule has 0 spiro atoms. The summed E-state index contributed by atoms with van der Waals surface area (Å²) in [5, 5.41) is 3.35. The van der Waals surface area contributed by atoms with Crippen molar-refractivity contribution in [2.24, 2.45) is 0 Å². The van der Waals surface area contributed by atoms with Gasteiger partial charge in [-0.25, -0.2) is 4.98 Å². The summed E-state index contributed by atoms with van der Waals surface area (Å²) in [5.74, 6) is -0.123. The number of carbonyl (C=O) groups excluding carboxylic acids is 1. The molecule has 2 aromatic heterocycles. The van der Waals surface area contributed by atoms with Gasteiger partial charge in [0.25, 0.3) is 5.91 Å². The molecule has 5 heteroatoms. The lowest BCUT2D eigenvalue weighted by Gasteiger charge is -2.13. The van der Waals surface area contributed by atoms with Crippen LogP contribution in [-0.4, -0.2) is 10.9 Å². The lowest BCUT2D eigenvalue weighted by molar-refractivity contribution is 0.0940. The van der Waals surface area contributed by atoms with E-state index in [0.29, 0.717) is 10.7 Å². The molecule has 0 aliphatic heterocycles. The van der Waals surface area contributed by atoms with E-state index < -0.39 is 0 Å². The monoisotopic (exact) mass is 308 g/mol. The van der Waals surface area contributed by atoms with E-state index >= 15 is 0 Å². The molecule has 1 unspecified atom stereocenters. The number of amides is 1. The maximum Gasteiger partial charge on any atom is 0.251 e. The summed E-state index contributed by atoms with van der Waals surface area (Å²) >= 11 is 7.63. The van der Waals surface area contributed by atoms with Crippen LogP contribution in [0.15, 0.2) is 24.3 Å². The topological polar surface area (TPSA) is 42.0 Å². The van der Waals surface area contributed by atoms with Crippen LogP contribution in [0.5, 0.6) is 0 Å². The number of halogens is 1. The average Bonchev–Trinajstić information content (AvgIpc) is 2.84. The molecule has 0 radical (unpaired) electrons. The predicted octanol–water partition coefficient (Wildman–Crippen LogP) is 4.16. The van der Waals surface area contributed by atoms with E-state index in [1.165, 1.54) is 4.88 Å². The molecule has 1 atom stereocenters. The highest BCUT2D eigenvalue weighted by Crippen LogP contribution is 2.22. The number of aromatic nitrogens is 1. The fourth-order valence-corrected chi connectivity index (χ4v) is 3.01. The van der Waals surface area contributed by atoms with Gasteiger partial charge in [0.2, 0.25) is 0 Å². The second kappa shape index (κ2) is 6.37. The highest BCUT2D eigenvalue weighted by molar-refractivity contribution is 7.12. The number of nitrogens with one attached hydrogen (secondary N) is 1. The number of thiophene rings is 1. The molecule has 20 heavy (non-hydrogen) atoms. The Kier molecular flexibility index (Phi) is 4.78. The summed E-state index contributed by atoms with van der Waals surface area (Å²) in [7, 11) is 0. The van der Waals surface area contributed by atoms with E-state index in [-0.39, 0.29) is 11.9 Å². The van der Waals surface area contributed by atoms with Gasteiger partial charge in [0, 0.05) is 21.0 Å². The van der Waals surface area contributed by atoms with Crippen LogP contribution >= 0.6 is 22.9 Å². The largest absolute Gasteiger partial charge is 0.345 e. The third kappa shape index (κ3) is 3.58. The minimum atomic E-state index is -0.123. The zero-order valence-electron chi connectivity index (χ0n) is 11.7. The Morgan fingerprint density at radius 2 is 2.20 bits per heavy atom. The van der Waals surface area contributed by atoms with Gasteiger partial charge in [0.1, 0.15) is 5.15 Å². The Labute approximate surface area is 128 Å². The molecule has 0 saturated heterocycles.